The molecule has 2 nitrogen and oxygen atoms in total. The highest BCUT2D eigenvalue weighted by Crippen LogP contribution is 2.36. The van der Waals surface area contributed by atoms with Gasteiger partial charge in [-0.1, -0.05) is 36.4 Å². The molecule has 7 aromatic rings. The summed E-state index contributed by atoms with van der Waals surface area (Å²) in [5, 5.41) is 8.63. The van der Waals surface area contributed by atoms with Gasteiger partial charge in [-0.25, -0.2) is 4.57 Å². The third kappa shape index (κ3) is 2.71. The first-order chi connectivity index (χ1) is 16.7. The van der Waals surface area contributed by atoms with E-state index in [9.17, 15) is 0 Å². The summed E-state index contributed by atoms with van der Waals surface area (Å²) in [6.07, 6.45) is 2.19. The summed E-state index contributed by atoms with van der Waals surface area (Å²) in [6.45, 7) is 2.25. The Morgan fingerprint density at radius 3 is 2.21 bits per heavy atom. The van der Waals surface area contributed by atoms with Crippen molar-refractivity contribution in [2.45, 2.75) is 6.92 Å². The average molecular weight is 456 g/mol. The maximum absolute atomic E-state index is 2.39. The van der Waals surface area contributed by atoms with Crippen molar-refractivity contribution in [3.63, 3.8) is 0 Å². The Labute approximate surface area is 201 Å². The summed E-state index contributed by atoms with van der Waals surface area (Å²) >= 11 is 1.81. The number of thiophene rings is 1. The molecule has 0 atom stereocenters. The lowest BCUT2D eigenvalue weighted by Crippen LogP contribution is -2.30. The summed E-state index contributed by atoms with van der Waals surface area (Å²) in [6, 6.07) is 33.3. The largest absolute Gasteiger partial charge is 0.309 e. The van der Waals surface area contributed by atoms with Gasteiger partial charge in [0, 0.05) is 27.2 Å². The van der Waals surface area contributed by atoms with Gasteiger partial charge in [0.05, 0.1) is 22.0 Å². The molecule has 0 fully saturated rings. The molecule has 0 spiro atoms. The van der Waals surface area contributed by atoms with E-state index in [1.54, 1.807) is 11.3 Å². The van der Waals surface area contributed by atoms with Crippen LogP contribution < -0.4 is 4.57 Å². The van der Waals surface area contributed by atoms with Crippen molar-refractivity contribution >= 4 is 54.0 Å². The van der Waals surface area contributed by atoms with Crippen LogP contribution >= 0.6 is 11.3 Å². The van der Waals surface area contributed by atoms with Crippen molar-refractivity contribution in [3.8, 4) is 16.9 Å². The van der Waals surface area contributed by atoms with E-state index in [4.69, 9.17) is 0 Å². The van der Waals surface area contributed by atoms with E-state index in [0.29, 0.717) is 0 Å². The van der Waals surface area contributed by atoms with Crippen LogP contribution in [0.4, 0.5) is 0 Å². The second-order valence-corrected chi connectivity index (χ2v) is 9.93. The van der Waals surface area contributed by atoms with Gasteiger partial charge in [-0.3, -0.25) is 0 Å². The molecule has 0 N–H and O–H groups in total. The van der Waals surface area contributed by atoms with Gasteiger partial charge >= 0.3 is 0 Å². The first kappa shape index (κ1) is 19.5. The number of benzene rings is 4. The van der Waals surface area contributed by atoms with Crippen LogP contribution in [-0.2, 0) is 7.05 Å². The molecule has 7 rings (SSSR count). The highest BCUT2D eigenvalue weighted by Gasteiger charge is 2.19. The zero-order valence-electron chi connectivity index (χ0n) is 19.1. The molecule has 3 heterocycles. The first-order valence-electron chi connectivity index (χ1n) is 11.6. The third-order valence-corrected chi connectivity index (χ3v) is 8.00. The average Bonchev–Trinajstić information content (AvgIpc) is 3.48. The highest BCUT2D eigenvalue weighted by atomic mass is 32.1. The fourth-order valence-electron chi connectivity index (χ4n) is 5.48. The molecular weight excluding hydrogens is 432 g/mol. The van der Waals surface area contributed by atoms with Crippen molar-refractivity contribution in [2.24, 2.45) is 7.05 Å². The van der Waals surface area contributed by atoms with Gasteiger partial charge in [-0.05, 0) is 77.2 Å². The fraction of sp³-hybridized carbons (Fsp3) is 0.0645. The second-order valence-electron chi connectivity index (χ2n) is 8.99. The van der Waals surface area contributed by atoms with E-state index in [2.05, 4.69) is 126 Å². The quantitative estimate of drug-likeness (QED) is 0.234. The second kappa shape index (κ2) is 7.28. The lowest BCUT2D eigenvalue weighted by molar-refractivity contribution is -0.659. The molecule has 0 unspecified atom stereocenters. The number of rotatable bonds is 2. The molecule has 0 amide bonds. The van der Waals surface area contributed by atoms with Crippen molar-refractivity contribution in [1.82, 2.24) is 4.57 Å². The summed E-state index contributed by atoms with van der Waals surface area (Å²) in [5.74, 6) is 0. The van der Waals surface area contributed by atoms with Gasteiger partial charge in [0.2, 0.25) is 5.69 Å². The fourth-order valence-corrected chi connectivity index (χ4v) is 6.33. The minimum Gasteiger partial charge on any atom is -0.309 e. The minimum atomic E-state index is 1.19. The zero-order chi connectivity index (χ0) is 22.8. The van der Waals surface area contributed by atoms with Crippen molar-refractivity contribution in [1.29, 1.82) is 0 Å². The monoisotopic (exact) mass is 455 g/mol. The van der Waals surface area contributed by atoms with E-state index < -0.39 is 0 Å². The summed E-state index contributed by atoms with van der Waals surface area (Å²) in [5.41, 5.74) is 7.57. The number of hydrogen-bond acceptors (Lipinski definition) is 1. The predicted molar refractivity (Wildman–Crippen MR) is 145 cm³/mol. The smallest absolute Gasteiger partial charge is 0.220 e. The Morgan fingerprint density at radius 2 is 1.44 bits per heavy atom. The molecule has 3 heteroatoms. The van der Waals surface area contributed by atoms with Gasteiger partial charge < -0.3 is 4.57 Å². The molecule has 0 bridgehead atoms. The van der Waals surface area contributed by atoms with Gasteiger partial charge in [0.15, 0.2) is 6.20 Å². The number of aromatic nitrogens is 2. The first-order valence-corrected chi connectivity index (χ1v) is 12.5. The van der Waals surface area contributed by atoms with E-state index in [-0.39, 0.29) is 0 Å². The SMILES string of the molecule is Cc1c(-c2c3ccc(-n4c5ccccc5c5ccccc54)cc3cc[n+]2C)ccc2sccc12. The highest BCUT2D eigenvalue weighted by molar-refractivity contribution is 7.17. The number of nitrogens with zero attached hydrogens (tertiary/aromatic N) is 2. The third-order valence-electron chi connectivity index (χ3n) is 7.12. The molecule has 0 aliphatic heterocycles. The Bertz CT molecular complexity index is 1830. The molecule has 0 aliphatic rings. The Balaban J connectivity index is 1.50. The molecule has 162 valence electrons. The van der Waals surface area contributed by atoms with Gasteiger partial charge in [-0.15, -0.1) is 11.3 Å². The van der Waals surface area contributed by atoms with E-state index in [1.807, 2.05) is 0 Å². The molecule has 34 heavy (non-hydrogen) atoms. The maximum atomic E-state index is 2.39. The number of hydrogen-bond donors (Lipinski definition) is 0. The summed E-state index contributed by atoms with van der Waals surface area (Å²) < 4.78 is 5.99. The normalized spacial score (nSPS) is 11.8. The molecule has 0 aliphatic carbocycles. The van der Waals surface area contributed by atoms with Crippen LogP contribution in [0.1, 0.15) is 5.56 Å². The lowest BCUT2D eigenvalue weighted by Gasteiger charge is -2.12. The minimum absolute atomic E-state index is 1.19. The van der Waals surface area contributed by atoms with Crippen LogP contribution in [0, 0.1) is 6.92 Å². The van der Waals surface area contributed by atoms with Crippen molar-refractivity contribution in [3.05, 3.63) is 108 Å². The molecule has 0 saturated heterocycles. The molecule has 3 aromatic heterocycles. The van der Waals surface area contributed by atoms with Crippen LogP contribution in [0.3, 0.4) is 0 Å². The number of fused-ring (bicyclic) bond motifs is 5. The standard InChI is InChI=1S/C31H23N2S/c1-20-23-16-18-34-30(23)14-13-24(20)31-25-12-11-22(19-21(25)15-17-32(31)2)33-28-9-5-3-7-26(28)27-8-4-6-10-29(27)33/h3-19H,1-2H3/q+1. The van der Waals surface area contributed by atoms with Crippen molar-refractivity contribution in [2.75, 3.05) is 0 Å². The molecule has 0 saturated carbocycles. The zero-order valence-corrected chi connectivity index (χ0v) is 19.9. The van der Waals surface area contributed by atoms with Crippen LogP contribution in [0.5, 0.6) is 0 Å². The topological polar surface area (TPSA) is 8.81 Å². The van der Waals surface area contributed by atoms with Crippen LogP contribution in [0.25, 0.3) is 59.6 Å². The predicted octanol–water partition coefficient (Wildman–Crippen LogP) is 7.95. The number of para-hydroxylation sites is 2. The van der Waals surface area contributed by atoms with Crippen LogP contribution in [0.15, 0.2) is 103 Å². The van der Waals surface area contributed by atoms with Crippen LogP contribution in [0.2, 0.25) is 0 Å². The lowest BCUT2D eigenvalue weighted by atomic mass is 9.97. The van der Waals surface area contributed by atoms with Gasteiger partial charge in [-0.2, -0.15) is 0 Å². The van der Waals surface area contributed by atoms with E-state index >= 15 is 0 Å². The van der Waals surface area contributed by atoms with Crippen molar-refractivity contribution < 1.29 is 4.57 Å². The number of pyridine rings is 1. The Morgan fingerprint density at radius 1 is 0.706 bits per heavy atom. The van der Waals surface area contributed by atoms with Gasteiger partial charge in [0.25, 0.3) is 0 Å². The van der Waals surface area contributed by atoms with Gasteiger partial charge in [0.1, 0.15) is 7.05 Å². The molecule has 0 radical (unpaired) electrons. The molecular formula is C31H23N2S+. The summed E-state index contributed by atoms with van der Waals surface area (Å²) in [4.78, 5) is 0. The maximum Gasteiger partial charge on any atom is 0.220 e. The number of aryl methyl sites for hydroxylation is 2. The Hall–Kier alpha value is -3.95. The van der Waals surface area contributed by atoms with E-state index in [0.717, 1.165) is 0 Å². The van der Waals surface area contributed by atoms with E-state index in [1.165, 1.54) is 65.2 Å². The van der Waals surface area contributed by atoms with Crippen LogP contribution in [-0.4, -0.2) is 4.57 Å². The Kier molecular flexibility index (Phi) is 4.18. The molecule has 4 aromatic carbocycles. The summed E-state index contributed by atoms with van der Waals surface area (Å²) in [7, 11) is 2.15.